The minimum atomic E-state index is -0.371. The number of hydrogen-bond donors (Lipinski definition) is 4. The first-order valence-corrected chi connectivity index (χ1v) is 11.6. The minimum Gasteiger partial charge on any atom is -0.325 e. The molecule has 0 bridgehead atoms. The topological polar surface area (TPSA) is 103 Å². The summed E-state index contributed by atoms with van der Waals surface area (Å²) in [4.78, 5) is 39.7. The predicted molar refractivity (Wildman–Crippen MR) is 139 cm³/mol. The highest BCUT2D eigenvalue weighted by Gasteiger charge is 2.28. The quantitative estimate of drug-likeness (QED) is 0.394. The summed E-state index contributed by atoms with van der Waals surface area (Å²) in [5.41, 5.74) is 3.47. The summed E-state index contributed by atoms with van der Waals surface area (Å²) in [6, 6.07) is 23.2. The lowest BCUT2D eigenvalue weighted by molar-refractivity contribution is -0.121. The highest BCUT2D eigenvalue weighted by Crippen LogP contribution is 2.24. The first-order valence-electron chi connectivity index (χ1n) is 11.6. The minimum absolute atomic E-state index is 0.142. The molecule has 1 saturated heterocycles. The van der Waals surface area contributed by atoms with Crippen molar-refractivity contribution in [3.8, 4) is 0 Å². The number of carbonyl (C=O) groups excluding carboxylic acids is 3. The zero-order chi connectivity index (χ0) is 24.6. The van der Waals surface area contributed by atoms with Crippen LogP contribution >= 0.6 is 0 Å². The molecule has 5 amide bonds. The highest BCUT2D eigenvalue weighted by molar-refractivity contribution is 6.01. The number of hydrogen-bond acceptors (Lipinski definition) is 3. The molecule has 8 nitrogen and oxygen atoms in total. The lowest BCUT2D eigenvalue weighted by Crippen LogP contribution is -2.45. The van der Waals surface area contributed by atoms with E-state index in [1.165, 1.54) is 0 Å². The number of nitrogens with zero attached hydrogens (tertiary/aromatic N) is 1. The fourth-order valence-corrected chi connectivity index (χ4v) is 3.98. The molecule has 3 aromatic carbocycles. The maximum absolute atomic E-state index is 13.1. The van der Waals surface area contributed by atoms with E-state index in [-0.39, 0.29) is 23.9 Å². The molecule has 180 valence electrons. The van der Waals surface area contributed by atoms with Crippen LogP contribution in [0.15, 0.2) is 78.9 Å². The van der Waals surface area contributed by atoms with Crippen molar-refractivity contribution in [2.45, 2.75) is 19.8 Å². The van der Waals surface area contributed by atoms with Gasteiger partial charge in [-0.15, -0.1) is 0 Å². The van der Waals surface area contributed by atoms with Crippen molar-refractivity contribution in [1.82, 2.24) is 4.90 Å². The Bertz CT molecular complexity index is 1180. The van der Waals surface area contributed by atoms with Crippen molar-refractivity contribution in [3.63, 3.8) is 0 Å². The van der Waals surface area contributed by atoms with Crippen molar-refractivity contribution in [3.05, 3.63) is 84.4 Å². The largest absolute Gasteiger partial charge is 0.325 e. The van der Waals surface area contributed by atoms with E-state index in [9.17, 15) is 14.4 Å². The van der Waals surface area contributed by atoms with Gasteiger partial charge in [0.15, 0.2) is 0 Å². The van der Waals surface area contributed by atoms with Gasteiger partial charge in [0.25, 0.3) is 0 Å². The molecule has 1 heterocycles. The smallest absolute Gasteiger partial charge is 0.323 e. The van der Waals surface area contributed by atoms with Gasteiger partial charge in [-0.3, -0.25) is 4.79 Å². The fourth-order valence-electron chi connectivity index (χ4n) is 3.98. The van der Waals surface area contributed by atoms with Crippen molar-refractivity contribution in [1.29, 1.82) is 0 Å². The number of aryl methyl sites for hydroxylation is 1. The molecule has 1 fully saturated rings. The number of para-hydroxylation sites is 2. The second-order valence-electron chi connectivity index (χ2n) is 8.55. The Labute approximate surface area is 204 Å². The number of amides is 5. The summed E-state index contributed by atoms with van der Waals surface area (Å²) in [6.45, 7) is 2.85. The third-order valence-electron chi connectivity index (χ3n) is 5.89. The van der Waals surface area contributed by atoms with Crippen LogP contribution in [-0.4, -0.2) is 36.0 Å². The van der Waals surface area contributed by atoms with E-state index in [1.807, 2.05) is 61.5 Å². The van der Waals surface area contributed by atoms with Gasteiger partial charge in [-0.1, -0.05) is 42.5 Å². The zero-order valence-corrected chi connectivity index (χ0v) is 19.6. The second-order valence-corrected chi connectivity index (χ2v) is 8.55. The molecule has 1 unspecified atom stereocenters. The highest BCUT2D eigenvalue weighted by atomic mass is 16.2. The van der Waals surface area contributed by atoms with Gasteiger partial charge in [-0.2, -0.15) is 0 Å². The van der Waals surface area contributed by atoms with Gasteiger partial charge in [0.05, 0.1) is 5.92 Å². The number of carbonyl (C=O) groups is 3. The molecule has 1 aliphatic rings. The summed E-state index contributed by atoms with van der Waals surface area (Å²) in [5.74, 6) is -0.459. The lowest BCUT2D eigenvalue weighted by Gasteiger charge is -2.32. The molecule has 35 heavy (non-hydrogen) atoms. The fraction of sp³-hybridized carbons (Fsp3) is 0.222. The molecule has 0 saturated carbocycles. The molecule has 3 aromatic rings. The van der Waals surface area contributed by atoms with Crippen molar-refractivity contribution in [2.75, 3.05) is 34.4 Å². The van der Waals surface area contributed by atoms with Crippen LogP contribution < -0.4 is 21.3 Å². The summed E-state index contributed by atoms with van der Waals surface area (Å²) in [5, 5.41) is 11.4. The third-order valence-corrected chi connectivity index (χ3v) is 5.89. The van der Waals surface area contributed by atoms with Crippen molar-refractivity contribution < 1.29 is 14.4 Å². The lowest BCUT2D eigenvalue weighted by atomic mass is 9.97. The summed E-state index contributed by atoms with van der Waals surface area (Å²) < 4.78 is 0. The van der Waals surface area contributed by atoms with Crippen LogP contribution in [0.1, 0.15) is 18.4 Å². The van der Waals surface area contributed by atoms with Crippen LogP contribution in [0.2, 0.25) is 0 Å². The summed E-state index contributed by atoms with van der Waals surface area (Å²) >= 11 is 0. The van der Waals surface area contributed by atoms with Gasteiger partial charge in [-0.05, 0) is 61.7 Å². The molecular weight excluding hydrogens is 442 g/mol. The molecule has 8 heteroatoms. The summed E-state index contributed by atoms with van der Waals surface area (Å²) in [6.07, 6.45) is 1.46. The van der Waals surface area contributed by atoms with Crippen LogP contribution in [0.5, 0.6) is 0 Å². The molecule has 4 rings (SSSR count). The van der Waals surface area contributed by atoms with Crippen LogP contribution in [0.3, 0.4) is 0 Å². The monoisotopic (exact) mass is 471 g/mol. The van der Waals surface area contributed by atoms with Gasteiger partial charge in [-0.25, -0.2) is 9.59 Å². The standard InChI is InChI=1S/C27H29N5O3/c1-19-14-15-23(29-26(34)28-21-10-4-2-5-11-21)17-24(19)31-25(33)20-9-8-16-32(18-20)27(35)30-22-12-6-3-7-13-22/h2-7,10-15,17,20H,8-9,16,18H2,1H3,(H,30,35)(H,31,33)(H2,28,29,34). The number of rotatable bonds is 5. The Hall–Kier alpha value is -4.33. The van der Waals surface area contributed by atoms with Gasteiger partial charge in [0.2, 0.25) is 5.91 Å². The molecule has 0 radical (unpaired) electrons. The van der Waals surface area contributed by atoms with Gasteiger partial charge < -0.3 is 26.2 Å². The maximum atomic E-state index is 13.1. The Morgan fingerprint density at radius 3 is 2.09 bits per heavy atom. The number of urea groups is 2. The Balaban J connectivity index is 1.35. The predicted octanol–water partition coefficient (Wildman–Crippen LogP) is 5.52. The SMILES string of the molecule is Cc1ccc(NC(=O)Nc2ccccc2)cc1NC(=O)C1CCCN(C(=O)Nc2ccccc2)C1. The van der Waals surface area contributed by atoms with E-state index in [0.29, 0.717) is 36.6 Å². The van der Waals surface area contributed by atoms with Crippen LogP contribution in [0, 0.1) is 12.8 Å². The number of likely N-dealkylation sites (tertiary alicyclic amines) is 1. The molecule has 4 N–H and O–H groups in total. The normalized spacial score (nSPS) is 15.1. The van der Waals surface area contributed by atoms with Gasteiger partial charge in [0, 0.05) is 35.8 Å². The van der Waals surface area contributed by atoms with Crippen LogP contribution in [0.4, 0.5) is 32.3 Å². The molecule has 0 spiro atoms. The number of benzene rings is 3. The number of piperidine rings is 1. The maximum Gasteiger partial charge on any atom is 0.323 e. The van der Waals surface area contributed by atoms with E-state index >= 15 is 0 Å². The van der Waals surface area contributed by atoms with E-state index in [0.717, 1.165) is 17.7 Å². The number of nitrogens with one attached hydrogen (secondary N) is 4. The third kappa shape index (κ3) is 6.60. The Morgan fingerprint density at radius 2 is 1.40 bits per heavy atom. The van der Waals surface area contributed by atoms with Gasteiger partial charge in [0.1, 0.15) is 0 Å². The molecule has 0 aliphatic carbocycles. The molecule has 1 aliphatic heterocycles. The van der Waals surface area contributed by atoms with E-state index in [4.69, 9.17) is 0 Å². The zero-order valence-electron chi connectivity index (χ0n) is 19.6. The van der Waals surface area contributed by atoms with Crippen LogP contribution in [-0.2, 0) is 4.79 Å². The number of anilines is 4. The van der Waals surface area contributed by atoms with Crippen molar-refractivity contribution in [2.24, 2.45) is 5.92 Å². The Morgan fingerprint density at radius 1 is 0.771 bits per heavy atom. The van der Waals surface area contributed by atoms with E-state index in [1.54, 1.807) is 29.2 Å². The Kier molecular flexibility index (Phi) is 7.62. The first kappa shape index (κ1) is 23.8. The summed E-state index contributed by atoms with van der Waals surface area (Å²) in [7, 11) is 0. The average Bonchev–Trinajstić information content (AvgIpc) is 2.87. The van der Waals surface area contributed by atoms with Gasteiger partial charge >= 0.3 is 12.1 Å². The van der Waals surface area contributed by atoms with E-state index < -0.39 is 0 Å². The second kappa shape index (κ2) is 11.2. The first-order chi connectivity index (χ1) is 17.0. The molecule has 1 atom stereocenters. The molecular formula is C27H29N5O3. The van der Waals surface area contributed by atoms with E-state index in [2.05, 4.69) is 21.3 Å². The van der Waals surface area contributed by atoms with Crippen LogP contribution in [0.25, 0.3) is 0 Å². The van der Waals surface area contributed by atoms with Crippen molar-refractivity contribution >= 4 is 40.7 Å². The average molecular weight is 472 g/mol. The molecule has 0 aromatic heterocycles.